The van der Waals surface area contributed by atoms with Crippen LogP contribution in [0.4, 0.5) is 6.01 Å². The summed E-state index contributed by atoms with van der Waals surface area (Å²) in [5.41, 5.74) is 1.89. The van der Waals surface area contributed by atoms with Gasteiger partial charge in [-0.25, -0.2) is 0 Å². The minimum atomic E-state index is -0.0156. The van der Waals surface area contributed by atoms with Crippen molar-refractivity contribution in [1.29, 1.82) is 0 Å². The van der Waals surface area contributed by atoms with Crippen LogP contribution in [0, 0.1) is 5.92 Å². The van der Waals surface area contributed by atoms with Crippen molar-refractivity contribution in [1.82, 2.24) is 15.5 Å². The summed E-state index contributed by atoms with van der Waals surface area (Å²) < 4.78 is 10.6. The SMILES string of the molecule is COc1ccc(CNC(=O)C2CCN(c3nc(-c4ccc(Cl)cc4)no3)CC2)cc1. The van der Waals surface area contributed by atoms with E-state index in [2.05, 4.69) is 15.5 Å². The molecule has 1 fully saturated rings. The Labute approximate surface area is 180 Å². The van der Waals surface area contributed by atoms with Crippen molar-refractivity contribution in [2.75, 3.05) is 25.1 Å². The van der Waals surface area contributed by atoms with Gasteiger partial charge in [-0.3, -0.25) is 4.79 Å². The van der Waals surface area contributed by atoms with Crippen molar-refractivity contribution >= 4 is 23.5 Å². The van der Waals surface area contributed by atoms with E-state index in [1.54, 1.807) is 19.2 Å². The van der Waals surface area contributed by atoms with Gasteiger partial charge in [-0.05, 0) is 54.8 Å². The number of nitrogens with zero attached hydrogens (tertiary/aromatic N) is 3. The fraction of sp³-hybridized carbons (Fsp3) is 0.318. The van der Waals surface area contributed by atoms with Gasteiger partial charge in [-0.2, -0.15) is 4.98 Å². The number of piperidine rings is 1. The Kier molecular flexibility index (Phi) is 6.18. The number of carbonyl (C=O) groups is 1. The van der Waals surface area contributed by atoms with E-state index >= 15 is 0 Å². The summed E-state index contributed by atoms with van der Waals surface area (Å²) in [4.78, 5) is 19.1. The molecule has 156 valence electrons. The van der Waals surface area contributed by atoms with Gasteiger partial charge < -0.3 is 19.5 Å². The molecule has 1 saturated heterocycles. The highest BCUT2D eigenvalue weighted by Gasteiger charge is 2.27. The molecule has 0 spiro atoms. The van der Waals surface area contributed by atoms with Crippen molar-refractivity contribution < 1.29 is 14.1 Å². The lowest BCUT2D eigenvalue weighted by molar-refractivity contribution is -0.125. The molecule has 3 aromatic rings. The number of nitrogens with one attached hydrogen (secondary N) is 1. The largest absolute Gasteiger partial charge is 0.497 e. The number of hydrogen-bond donors (Lipinski definition) is 1. The maximum atomic E-state index is 12.5. The van der Waals surface area contributed by atoms with Gasteiger partial charge in [0.25, 0.3) is 0 Å². The van der Waals surface area contributed by atoms with Crippen LogP contribution >= 0.6 is 11.6 Å². The molecule has 0 bridgehead atoms. The molecule has 2 heterocycles. The summed E-state index contributed by atoms with van der Waals surface area (Å²) in [6.07, 6.45) is 1.49. The average molecular weight is 427 g/mol. The number of halogens is 1. The number of amides is 1. The zero-order valence-electron chi connectivity index (χ0n) is 16.7. The molecule has 0 saturated carbocycles. The van der Waals surface area contributed by atoms with Gasteiger partial charge in [-0.1, -0.05) is 28.9 Å². The summed E-state index contributed by atoms with van der Waals surface area (Å²) in [5, 5.41) is 7.75. The molecule has 0 radical (unpaired) electrons. The maximum absolute atomic E-state index is 12.5. The van der Waals surface area contributed by atoms with E-state index in [1.165, 1.54) is 0 Å². The molecule has 1 aromatic heterocycles. The third-order valence-electron chi connectivity index (χ3n) is 5.28. The smallest absolute Gasteiger partial charge is 0.324 e. The normalized spacial score (nSPS) is 14.5. The molecule has 30 heavy (non-hydrogen) atoms. The molecule has 1 amide bonds. The third kappa shape index (κ3) is 4.74. The highest BCUT2D eigenvalue weighted by atomic mass is 35.5. The van der Waals surface area contributed by atoms with Gasteiger partial charge in [0, 0.05) is 36.1 Å². The molecule has 0 aliphatic carbocycles. The fourth-order valence-corrected chi connectivity index (χ4v) is 3.60. The Hall–Kier alpha value is -3.06. The Morgan fingerprint density at radius 1 is 1.17 bits per heavy atom. The second-order valence-corrected chi connectivity index (χ2v) is 7.67. The third-order valence-corrected chi connectivity index (χ3v) is 5.53. The van der Waals surface area contributed by atoms with Crippen molar-refractivity contribution in [2.24, 2.45) is 5.92 Å². The van der Waals surface area contributed by atoms with E-state index in [4.69, 9.17) is 20.9 Å². The van der Waals surface area contributed by atoms with E-state index < -0.39 is 0 Å². The lowest BCUT2D eigenvalue weighted by Crippen LogP contribution is -2.40. The number of aromatic nitrogens is 2. The summed E-state index contributed by atoms with van der Waals surface area (Å²) in [7, 11) is 1.63. The predicted octanol–water partition coefficient (Wildman–Crippen LogP) is 3.93. The van der Waals surface area contributed by atoms with Crippen LogP contribution in [0.15, 0.2) is 53.1 Å². The second kappa shape index (κ2) is 9.17. The molecule has 1 aliphatic heterocycles. The van der Waals surface area contributed by atoms with Crippen LogP contribution in [0.25, 0.3) is 11.4 Å². The number of rotatable bonds is 6. The van der Waals surface area contributed by atoms with Crippen LogP contribution < -0.4 is 15.0 Å². The maximum Gasteiger partial charge on any atom is 0.324 e. The number of carbonyl (C=O) groups excluding carboxylic acids is 1. The molecule has 7 nitrogen and oxygen atoms in total. The molecular weight excluding hydrogens is 404 g/mol. The Bertz CT molecular complexity index is 980. The Morgan fingerprint density at radius 2 is 1.87 bits per heavy atom. The molecule has 1 aliphatic rings. The van der Waals surface area contributed by atoms with Crippen molar-refractivity contribution in [3.05, 3.63) is 59.1 Å². The van der Waals surface area contributed by atoms with Gasteiger partial charge in [0.05, 0.1) is 7.11 Å². The zero-order valence-corrected chi connectivity index (χ0v) is 17.4. The Balaban J connectivity index is 1.28. The predicted molar refractivity (Wildman–Crippen MR) is 115 cm³/mol. The van der Waals surface area contributed by atoms with E-state index in [0.29, 0.717) is 36.5 Å². The van der Waals surface area contributed by atoms with Gasteiger partial charge >= 0.3 is 6.01 Å². The van der Waals surface area contributed by atoms with Crippen LogP contribution in [-0.2, 0) is 11.3 Å². The number of anilines is 1. The monoisotopic (exact) mass is 426 g/mol. The zero-order chi connectivity index (χ0) is 20.9. The summed E-state index contributed by atoms with van der Waals surface area (Å²) >= 11 is 5.92. The standard InChI is InChI=1S/C22H23ClN4O3/c1-29-19-8-2-15(3-9-19)14-24-21(28)17-10-12-27(13-11-17)22-25-20(26-30-22)16-4-6-18(23)7-5-16/h2-9,17H,10-14H2,1H3,(H,24,28). The first-order chi connectivity index (χ1) is 14.6. The molecule has 1 N–H and O–H groups in total. The van der Waals surface area contributed by atoms with Crippen LogP contribution in [0.2, 0.25) is 5.02 Å². The fourth-order valence-electron chi connectivity index (χ4n) is 3.47. The van der Waals surface area contributed by atoms with E-state index in [0.717, 1.165) is 29.7 Å². The summed E-state index contributed by atoms with van der Waals surface area (Å²) in [5.74, 6) is 1.40. The summed E-state index contributed by atoms with van der Waals surface area (Å²) in [6.45, 7) is 1.91. The van der Waals surface area contributed by atoms with Crippen molar-refractivity contribution in [3.8, 4) is 17.1 Å². The van der Waals surface area contributed by atoms with E-state index in [-0.39, 0.29) is 11.8 Å². The topological polar surface area (TPSA) is 80.5 Å². The highest BCUT2D eigenvalue weighted by molar-refractivity contribution is 6.30. The van der Waals surface area contributed by atoms with Crippen LogP contribution in [-0.4, -0.2) is 36.2 Å². The molecular formula is C22H23ClN4O3. The number of benzene rings is 2. The average Bonchev–Trinajstić information content (AvgIpc) is 3.29. The Morgan fingerprint density at radius 3 is 2.53 bits per heavy atom. The lowest BCUT2D eigenvalue weighted by Gasteiger charge is -2.29. The van der Waals surface area contributed by atoms with Crippen LogP contribution in [0.5, 0.6) is 5.75 Å². The van der Waals surface area contributed by atoms with Gasteiger partial charge in [0.15, 0.2) is 0 Å². The second-order valence-electron chi connectivity index (χ2n) is 7.23. The van der Waals surface area contributed by atoms with E-state index in [9.17, 15) is 4.79 Å². The van der Waals surface area contributed by atoms with Crippen LogP contribution in [0.3, 0.4) is 0 Å². The van der Waals surface area contributed by atoms with Gasteiger partial charge in [-0.15, -0.1) is 0 Å². The minimum absolute atomic E-state index is 0.0156. The van der Waals surface area contributed by atoms with Gasteiger partial charge in [0.1, 0.15) is 5.75 Å². The van der Waals surface area contributed by atoms with Gasteiger partial charge in [0.2, 0.25) is 11.7 Å². The number of hydrogen-bond acceptors (Lipinski definition) is 6. The number of ether oxygens (including phenoxy) is 1. The van der Waals surface area contributed by atoms with Crippen molar-refractivity contribution in [3.63, 3.8) is 0 Å². The van der Waals surface area contributed by atoms with Crippen molar-refractivity contribution in [2.45, 2.75) is 19.4 Å². The molecule has 8 heteroatoms. The van der Waals surface area contributed by atoms with E-state index in [1.807, 2.05) is 41.3 Å². The summed E-state index contributed by atoms with van der Waals surface area (Å²) in [6, 6.07) is 15.5. The first kappa shape index (κ1) is 20.2. The molecule has 4 rings (SSSR count). The first-order valence-electron chi connectivity index (χ1n) is 9.87. The molecule has 2 aromatic carbocycles. The first-order valence-corrected chi connectivity index (χ1v) is 10.3. The molecule has 0 atom stereocenters. The quantitative estimate of drug-likeness (QED) is 0.643. The lowest BCUT2D eigenvalue weighted by atomic mass is 9.96. The molecule has 0 unspecified atom stereocenters. The minimum Gasteiger partial charge on any atom is -0.497 e. The van der Waals surface area contributed by atoms with Crippen LogP contribution in [0.1, 0.15) is 18.4 Å². The highest BCUT2D eigenvalue weighted by Crippen LogP contribution is 2.25. The number of methoxy groups -OCH3 is 1.